The first kappa shape index (κ1) is 15.7. The number of aromatic nitrogens is 1. The Kier molecular flexibility index (Phi) is 4.78. The molecule has 1 heterocycles. The van der Waals surface area contributed by atoms with Gasteiger partial charge in [0.25, 0.3) is 0 Å². The summed E-state index contributed by atoms with van der Waals surface area (Å²) in [6.45, 7) is 4.19. The number of anilines is 1. The highest BCUT2D eigenvalue weighted by molar-refractivity contribution is 6.18. The summed E-state index contributed by atoms with van der Waals surface area (Å²) in [5.74, 6) is 2.70. The molecule has 2 aromatic rings. The third-order valence-electron chi connectivity index (χ3n) is 3.76. The Labute approximate surface area is 130 Å². The van der Waals surface area contributed by atoms with Crippen molar-refractivity contribution in [1.29, 1.82) is 0 Å². The summed E-state index contributed by atoms with van der Waals surface area (Å²) in [6.07, 6.45) is 2.68. The van der Waals surface area contributed by atoms with Crippen LogP contribution in [0.2, 0.25) is 0 Å². The number of rotatable bonds is 6. The summed E-state index contributed by atoms with van der Waals surface area (Å²) in [4.78, 5) is 4.45. The highest BCUT2D eigenvalue weighted by Gasteiger charge is 2.22. The predicted octanol–water partition coefficient (Wildman–Crippen LogP) is 4.07. The van der Waals surface area contributed by atoms with Gasteiger partial charge in [-0.05, 0) is 36.9 Å². The van der Waals surface area contributed by atoms with Gasteiger partial charge in [-0.25, -0.2) is 4.98 Å². The number of benzene rings is 1. The van der Waals surface area contributed by atoms with Gasteiger partial charge in [-0.2, -0.15) is 0 Å². The number of ether oxygens (including phenoxy) is 2. The van der Waals surface area contributed by atoms with Crippen LogP contribution in [0.15, 0.2) is 24.4 Å². The van der Waals surface area contributed by atoms with Gasteiger partial charge in [-0.15, -0.1) is 11.6 Å². The SMILES string of the molecule is CCC(C)(CCl)Nc1nccc2cc(OC)c(OC)cc12. The number of methoxy groups -OCH3 is 2. The average Bonchev–Trinajstić information content (AvgIpc) is 2.53. The van der Waals surface area contributed by atoms with Crippen LogP contribution in [0.3, 0.4) is 0 Å². The summed E-state index contributed by atoms with van der Waals surface area (Å²) in [5, 5.41) is 5.47. The molecule has 0 aliphatic heterocycles. The molecule has 0 saturated carbocycles. The van der Waals surface area contributed by atoms with E-state index < -0.39 is 0 Å². The van der Waals surface area contributed by atoms with Crippen LogP contribution in [0.4, 0.5) is 5.82 Å². The number of nitrogens with zero attached hydrogens (tertiary/aromatic N) is 1. The molecule has 1 N–H and O–H groups in total. The second-order valence-electron chi connectivity index (χ2n) is 5.26. The topological polar surface area (TPSA) is 43.4 Å². The molecule has 1 aromatic carbocycles. The lowest BCUT2D eigenvalue weighted by Crippen LogP contribution is -2.36. The quantitative estimate of drug-likeness (QED) is 0.817. The van der Waals surface area contributed by atoms with Crippen LogP contribution in [0, 0.1) is 0 Å². The minimum atomic E-state index is -0.198. The fourth-order valence-electron chi connectivity index (χ4n) is 2.10. The second-order valence-corrected chi connectivity index (χ2v) is 5.53. The molecule has 5 heteroatoms. The molecule has 2 rings (SSSR count). The maximum atomic E-state index is 6.08. The van der Waals surface area contributed by atoms with Crippen LogP contribution in [-0.2, 0) is 0 Å². The van der Waals surface area contributed by atoms with Crippen molar-refractivity contribution in [1.82, 2.24) is 4.98 Å². The van der Waals surface area contributed by atoms with E-state index in [0.29, 0.717) is 17.4 Å². The maximum absolute atomic E-state index is 6.08. The standard InChI is InChI=1S/C16H21ClN2O2/c1-5-16(2,10-17)19-15-12-9-14(21-4)13(20-3)8-11(12)6-7-18-15/h6-9H,5,10H2,1-4H3,(H,18,19). The van der Waals surface area contributed by atoms with Crippen LogP contribution in [-0.4, -0.2) is 30.6 Å². The Bertz CT molecular complexity index is 627. The molecule has 0 radical (unpaired) electrons. The van der Waals surface area contributed by atoms with Crippen molar-refractivity contribution in [3.8, 4) is 11.5 Å². The van der Waals surface area contributed by atoms with Crippen LogP contribution in [0.5, 0.6) is 11.5 Å². The van der Waals surface area contributed by atoms with Crippen LogP contribution in [0.25, 0.3) is 10.8 Å². The van der Waals surface area contributed by atoms with Gasteiger partial charge in [-0.3, -0.25) is 0 Å². The van der Waals surface area contributed by atoms with E-state index in [0.717, 1.165) is 23.0 Å². The third-order valence-corrected chi connectivity index (χ3v) is 4.35. The van der Waals surface area contributed by atoms with Gasteiger partial charge >= 0.3 is 0 Å². The highest BCUT2D eigenvalue weighted by Crippen LogP contribution is 2.35. The zero-order valence-electron chi connectivity index (χ0n) is 12.9. The lowest BCUT2D eigenvalue weighted by atomic mass is 10.0. The highest BCUT2D eigenvalue weighted by atomic mass is 35.5. The molecular weight excluding hydrogens is 288 g/mol. The van der Waals surface area contributed by atoms with Crippen molar-refractivity contribution in [2.24, 2.45) is 0 Å². The van der Waals surface area contributed by atoms with Crippen molar-refractivity contribution in [2.75, 3.05) is 25.4 Å². The van der Waals surface area contributed by atoms with Crippen molar-refractivity contribution >= 4 is 28.2 Å². The first-order chi connectivity index (χ1) is 10.1. The van der Waals surface area contributed by atoms with Crippen LogP contribution < -0.4 is 14.8 Å². The van der Waals surface area contributed by atoms with Gasteiger partial charge in [-0.1, -0.05) is 6.92 Å². The number of pyridine rings is 1. The third kappa shape index (κ3) is 3.16. The Hall–Kier alpha value is -1.68. The number of halogens is 1. The average molecular weight is 309 g/mol. The van der Waals surface area contributed by atoms with Crippen LogP contribution in [0.1, 0.15) is 20.3 Å². The van der Waals surface area contributed by atoms with E-state index in [1.807, 2.05) is 18.2 Å². The first-order valence-corrected chi connectivity index (χ1v) is 7.45. The van der Waals surface area contributed by atoms with E-state index in [1.54, 1.807) is 20.4 Å². The summed E-state index contributed by atoms with van der Waals surface area (Å²) in [5.41, 5.74) is -0.198. The van der Waals surface area contributed by atoms with Gasteiger partial charge < -0.3 is 14.8 Å². The summed E-state index contributed by atoms with van der Waals surface area (Å²) in [7, 11) is 3.26. The summed E-state index contributed by atoms with van der Waals surface area (Å²) in [6, 6.07) is 5.84. The molecule has 4 nitrogen and oxygen atoms in total. The molecular formula is C16H21ClN2O2. The zero-order valence-corrected chi connectivity index (χ0v) is 13.6. The van der Waals surface area contributed by atoms with Gasteiger partial charge in [0.2, 0.25) is 0 Å². The van der Waals surface area contributed by atoms with E-state index in [1.165, 1.54) is 0 Å². The fourth-order valence-corrected chi connectivity index (χ4v) is 2.36. The first-order valence-electron chi connectivity index (χ1n) is 6.91. The fraction of sp³-hybridized carbons (Fsp3) is 0.438. The van der Waals surface area contributed by atoms with E-state index in [-0.39, 0.29) is 5.54 Å². The molecule has 0 fully saturated rings. The molecule has 0 aliphatic carbocycles. The lowest BCUT2D eigenvalue weighted by Gasteiger charge is -2.28. The largest absolute Gasteiger partial charge is 0.493 e. The molecule has 21 heavy (non-hydrogen) atoms. The number of hydrogen-bond acceptors (Lipinski definition) is 4. The minimum Gasteiger partial charge on any atom is -0.493 e. The van der Waals surface area contributed by atoms with Gasteiger partial charge in [0.1, 0.15) is 5.82 Å². The zero-order chi connectivity index (χ0) is 15.5. The molecule has 0 amide bonds. The Morgan fingerprint density at radius 1 is 1.24 bits per heavy atom. The van der Waals surface area contributed by atoms with Crippen molar-refractivity contribution in [3.63, 3.8) is 0 Å². The van der Waals surface area contributed by atoms with E-state index in [2.05, 4.69) is 24.1 Å². The maximum Gasteiger partial charge on any atom is 0.161 e. The van der Waals surface area contributed by atoms with Crippen molar-refractivity contribution < 1.29 is 9.47 Å². The van der Waals surface area contributed by atoms with Crippen molar-refractivity contribution in [3.05, 3.63) is 24.4 Å². The number of alkyl halides is 1. The number of fused-ring (bicyclic) bond motifs is 1. The lowest BCUT2D eigenvalue weighted by molar-refractivity contribution is 0.356. The van der Waals surface area contributed by atoms with Gasteiger partial charge in [0, 0.05) is 23.0 Å². The molecule has 0 aliphatic rings. The Morgan fingerprint density at radius 3 is 2.48 bits per heavy atom. The monoisotopic (exact) mass is 308 g/mol. The predicted molar refractivity (Wildman–Crippen MR) is 87.9 cm³/mol. The number of hydrogen-bond donors (Lipinski definition) is 1. The molecule has 0 spiro atoms. The molecule has 0 saturated heterocycles. The molecule has 1 unspecified atom stereocenters. The molecule has 1 aromatic heterocycles. The minimum absolute atomic E-state index is 0.198. The normalized spacial score (nSPS) is 13.8. The Balaban J connectivity index is 2.54. The molecule has 1 atom stereocenters. The molecule has 0 bridgehead atoms. The summed E-state index contributed by atoms with van der Waals surface area (Å²) >= 11 is 6.08. The van der Waals surface area contributed by atoms with E-state index in [4.69, 9.17) is 21.1 Å². The van der Waals surface area contributed by atoms with E-state index in [9.17, 15) is 0 Å². The van der Waals surface area contributed by atoms with E-state index >= 15 is 0 Å². The summed E-state index contributed by atoms with van der Waals surface area (Å²) < 4.78 is 10.7. The van der Waals surface area contributed by atoms with Crippen molar-refractivity contribution in [2.45, 2.75) is 25.8 Å². The van der Waals surface area contributed by atoms with Gasteiger partial charge in [0.15, 0.2) is 11.5 Å². The Morgan fingerprint density at radius 2 is 1.90 bits per heavy atom. The molecule has 114 valence electrons. The second kappa shape index (κ2) is 6.39. The van der Waals surface area contributed by atoms with Crippen LogP contribution >= 0.6 is 11.6 Å². The smallest absolute Gasteiger partial charge is 0.161 e. The van der Waals surface area contributed by atoms with Gasteiger partial charge in [0.05, 0.1) is 14.2 Å². The number of nitrogens with one attached hydrogen (secondary N) is 1.